The number of aromatic nitrogens is 5. The van der Waals surface area contributed by atoms with Crippen molar-refractivity contribution in [3.05, 3.63) is 31.0 Å². The molecule has 30 heavy (non-hydrogen) atoms. The molecule has 160 valence electrons. The Kier molecular flexibility index (Phi) is 7.69. The van der Waals surface area contributed by atoms with Crippen molar-refractivity contribution < 1.29 is 4.74 Å². The molecule has 0 fully saturated rings. The molecule has 0 saturated heterocycles. The Morgan fingerprint density at radius 1 is 1.30 bits per heavy atom. The lowest BCUT2D eigenvalue weighted by Gasteiger charge is -2.15. The smallest absolute Gasteiger partial charge is 0.145 e. The molecule has 0 aromatic carbocycles. The number of thioether (sulfide) groups is 1. The number of nitriles is 1. The second kappa shape index (κ2) is 10.2. The summed E-state index contributed by atoms with van der Waals surface area (Å²) in [6, 6.07) is 5.54. The summed E-state index contributed by atoms with van der Waals surface area (Å²) in [6.07, 6.45) is 10.9. The van der Waals surface area contributed by atoms with Gasteiger partial charge in [-0.15, -0.1) is 0 Å². The molecule has 3 rings (SSSR count). The average molecular weight is 443 g/mol. The molecule has 0 aliphatic carbocycles. The summed E-state index contributed by atoms with van der Waals surface area (Å²) >= 11 is 1.78. The van der Waals surface area contributed by atoms with Crippen LogP contribution in [0.2, 0.25) is 25.7 Å². The minimum Gasteiger partial charge on any atom is -0.361 e. The first-order valence-corrected chi connectivity index (χ1v) is 15.3. The van der Waals surface area contributed by atoms with E-state index in [4.69, 9.17) is 10.00 Å². The highest BCUT2D eigenvalue weighted by Gasteiger charge is 2.16. The zero-order chi connectivity index (χ0) is 21.6. The summed E-state index contributed by atoms with van der Waals surface area (Å²) < 4.78 is 9.82. The Morgan fingerprint density at radius 2 is 2.13 bits per heavy atom. The normalized spacial score (nSPS) is 12.9. The van der Waals surface area contributed by atoms with Crippen LogP contribution in [-0.4, -0.2) is 51.0 Å². The van der Waals surface area contributed by atoms with E-state index in [1.807, 2.05) is 33.9 Å². The molecule has 0 bridgehead atoms. The summed E-state index contributed by atoms with van der Waals surface area (Å²) in [5, 5.41) is 14.7. The second-order valence-corrected chi connectivity index (χ2v) is 15.2. The van der Waals surface area contributed by atoms with Crippen LogP contribution in [0.15, 0.2) is 31.0 Å². The molecular weight excluding hydrogens is 412 g/mol. The summed E-state index contributed by atoms with van der Waals surface area (Å²) in [4.78, 5) is 8.99. The van der Waals surface area contributed by atoms with Crippen molar-refractivity contribution in [2.24, 2.45) is 0 Å². The Hall–Kier alpha value is -2.15. The summed E-state index contributed by atoms with van der Waals surface area (Å²) in [7, 11) is -1.10. The average Bonchev–Trinajstić information content (AvgIpc) is 3.35. The van der Waals surface area contributed by atoms with Crippen LogP contribution in [-0.2, 0) is 11.5 Å². The number of rotatable bonds is 11. The zero-order valence-corrected chi connectivity index (χ0v) is 20.0. The molecule has 0 amide bonds. The Bertz CT molecular complexity index is 1000. The number of nitrogens with zero attached hydrogens (tertiary/aromatic N) is 6. The van der Waals surface area contributed by atoms with Gasteiger partial charge in [0.15, 0.2) is 0 Å². The van der Waals surface area contributed by atoms with E-state index in [-0.39, 0.29) is 6.04 Å². The first kappa shape index (κ1) is 22.5. The van der Waals surface area contributed by atoms with Gasteiger partial charge in [0.2, 0.25) is 0 Å². The molecule has 3 aromatic rings. The topological polar surface area (TPSA) is 81.5 Å². The lowest BCUT2D eigenvalue weighted by Crippen LogP contribution is -2.22. The highest BCUT2D eigenvalue weighted by molar-refractivity contribution is 7.98. The maximum Gasteiger partial charge on any atom is 0.145 e. The minimum atomic E-state index is -1.10. The van der Waals surface area contributed by atoms with Crippen LogP contribution < -0.4 is 0 Å². The van der Waals surface area contributed by atoms with Gasteiger partial charge in [-0.2, -0.15) is 22.1 Å². The first-order valence-electron chi connectivity index (χ1n) is 10.2. The van der Waals surface area contributed by atoms with E-state index >= 15 is 0 Å². The highest BCUT2D eigenvalue weighted by atomic mass is 32.2. The number of hydrogen-bond donors (Lipinski definition) is 0. The summed E-state index contributed by atoms with van der Waals surface area (Å²) in [5.74, 6) is 1.000. The summed E-state index contributed by atoms with van der Waals surface area (Å²) in [6.45, 7) is 8.31. The maximum absolute atomic E-state index is 9.17. The van der Waals surface area contributed by atoms with E-state index in [0.717, 1.165) is 47.1 Å². The predicted octanol–water partition coefficient (Wildman–Crippen LogP) is 4.81. The van der Waals surface area contributed by atoms with Crippen molar-refractivity contribution in [2.75, 3.05) is 18.6 Å². The predicted molar refractivity (Wildman–Crippen MR) is 125 cm³/mol. The van der Waals surface area contributed by atoms with Crippen LogP contribution in [0, 0.1) is 11.3 Å². The van der Waals surface area contributed by atoms with Gasteiger partial charge in [0, 0.05) is 38.0 Å². The summed E-state index contributed by atoms with van der Waals surface area (Å²) in [5.41, 5.74) is 2.65. The van der Waals surface area contributed by atoms with Crippen molar-refractivity contribution in [2.45, 2.75) is 51.3 Å². The molecule has 1 unspecified atom stereocenters. The van der Waals surface area contributed by atoms with Gasteiger partial charge in [-0.05, 0) is 30.5 Å². The maximum atomic E-state index is 9.17. The van der Waals surface area contributed by atoms with Gasteiger partial charge in [-0.1, -0.05) is 19.6 Å². The van der Waals surface area contributed by atoms with E-state index in [0.29, 0.717) is 13.2 Å². The lowest BCUT2D eigenvalue weighted by molar-refractivity contribution is 0.0899. The Balaban J connectivity index is 1.78. The lowest BCUT2D eigenvalue weighted by atomic mass is 10.1. The third kappa shape index (κ3) is 5.71. The van der Waals surface area contributed by atoms with E-state index in [2.05, 4.69) is 47.0 Å². The third-order valence-electron chi connectivity index (χ3n) is 5.01. The molecule has 3 aromatic heterocycles. The fourth-order valence-electron chi connectivity index (χ4n) is 3.23. The highest BCUT2D eigenvalue weighted by Crippen LogP contribution is 2.27. The molecule has 7 nitrogen and oxygen atoms in total. The van der Waals surface area contributed by atoms with E-state index in [1.165, 1.54) is 0 Å². The van der Waals surface area contributed by atoms with E-state index in [9.17, 15) is 0 Å². The van der Waals surface area contributed by atoms with Gasteiger partial charge in [-0.3, -0.25) is 4.68 Å². The fourth-order valence-corrected chi connectivity index (χ4v) is 4.49. The van der Waals surface area contributed by atoms with Gasteiger partial charge in [-0.25, -0.2) is 9.97 Å². The van der Waals surface area contributed by atoms with Crippen LogP contribution in [0.4, 0.5) is 0 Å². The van der Waals surface area contributed by atoms with Gasteiger partial charge in [0.1, 0.15) is 18.7 Å². The standard InChI is InChI=1S/C21H30N6OSSi/c1-29-11-7-18(5-8-22)27-14-17(13-25-27)20-19-6-9-26(21(19)24-15-23-20)16-28-10-12-30(2,3)4/h6,9,13-15,18H,5,7,10-12,16H2,1-4H3. The molecule has 0 aliphatic rings. The van der Waals surface area contributed by atoms with Gasteiger partial charge >= 0.3 is 0 Å². The molecule has 0 radical (unpaired) electrons. The SMILES string of the molecule is CSCCC(CC#N)n1cc(-c2ncnc3c2ccn3COCC[Si](C)(C)C)cn1. The largest absolute Gasteiger partial charge is 0.361 e. The van der Waals surface area contributed by atoms with Crippen LogP contribution in [0.1, 0.15) is 18.9 Å². The van der Waals surface area contributed by atoms with Crippen LogP contribution >= 0.6 is 11.8 Å². The zero-order valence-electron chi connectivity index (χ0n) is 18.2. The van der Waals surface area contributed by atoms with Crippen molar-refractivity contribution in [3.8, 4) is 17.3 Å². The number of fused-ring (bicyclic) bond motifs is 1. The molecule has 0 saturated carbocycles. The van der Waals surface area contributed by atoms with Gasteiger partial charge < -0.3 is 9.30 Å². The van der Waals surface area contributed by atoms with Crippen molar-refractivity contribution >= 4 is 30.9 Å². The van der Waals surface area contributed by atoms with Crippen molar-refractivity contribution in [1.82, 2.24) is 24.3 Å². The van der Waals surface area contributed by atoms with Crippen LogP contribution in [0.3, 0.4) is 0 Å². The third-order valence-corrected chi connectivity index (χ3v) is 7.36. The molecule has 0 N–H and O–H groups in total. The molecular formula is C21H30N6OSSi. The van der Waals surface area contributed by atoms with Crippen molar-refractivity contribution in [1.29, 1.82) is 5.26 Å². The molecule has 1 atom stereocenters. The first-order chi connectivity index (χ1) is 14.4. The number of ether oxygens (including phenoxy) is 1. The second-order valence-electron chi connectivity index (χ2n) is 8.60. The van der Waals surface area contributed by atoms with Gasteiger partial charge in [0.05, 0.1) is 30.4 Å². The molecule has 0 spiro atoms. The fraction of sp³-hybridized carbons (Fsp3) is 0.524. The quantitative estimate of drug-likeness (QED) is 0.313. The Labute approximate surface area is 183 Å². The van der Waals surface area contributed by atoms with Crippen LogP contribution in [0.25, 0.3) is 22.3 Å². The number of hydrogen-bond acceptors (Lipinski definition) is 6. The van der Waals surface area contributed by atoms with E-state index in [1.54, 1.807) is 18.1 Å². The molecule has 3 heterocycles. The molecule has 0 aliphatic heterocycles. The Morgan fingerprint density at radius 3 is 2.87 bits per heavy atom. The van der Waals surface area contributed by atoms with Crippen molar-refractivity contribution in [3.63, 3.8) is 0 Å². The van der Waals surface area contributed by atoms with E-state index < -0.39 is 8.07 Å². The monoisotopic (exact) mass is 442 g/mol. The molecule has 9 heteroatoms. The minimum absolute atomic E-state index is 0.0814. The van der Waals surface area contributed by atoms with Crippen LogP contribution in [0.5, 0.6) is 0 Å². The van der Waals surface area contributed by atoms with Gasteiger partial charge in [0.25, 0.3) is 0 Å².